The zero-order valence-electron chi connectivity index (χ0n) is 10.7. The summed E-state index contributed by atoms with van der Waals surface area (Å²) >= 11 is 0. The van der Waals surface area contributed by atoms with Crippen molar-refractivity contribution in [3.05, 3.63) is 42.1 Å². The highest BCUT2D eigenvalue weighted by Gasteiger charge is 2.34. The first-order valence-corrected chi connectivity index (χ1v) is 6.36. The lowest BCUT2D eigenvalue weighted by Crippen LogP contribution is -2.29. The third-order valence-corrected chi connectivity index (χ3v) is 3.45. The molecule has 2 heterocycles. The summed E-state index contributed by atoms with van der Waals surface area (Å²) in [5, 5.41) is 16.1. The number of β-amino-alcohol motifs (C(OH)–C–C–N with tert-alkyl or cyclic N) is 1. The van der Waals surface area contributed by atoms with Crippen molar-refractivity contribution in [1.82, 2.24) is 15.1 Å². The number of halogens is 1. The first-order chi connectivity index (χ1) is 9.65. The molecule has 6 heteroatoms. The van der Waals surface area contributed by atoms with Gasteiger partial charge in [-0.3, -0.25) is 9.89 Å². The number of benzene rings is 1. The number of nitrogens with one attached hydrogen (secondary N) is 1. The second-order valence-corrected chi connectivity index (χ2v) is 4.84. The van der Waals surface area contributed by atoms with Crippen molar-refractivity contribution in [2.24, 2.45) is 0 Å². The van der Waals surface area contributed by atoms with Gasteiger partial charge >= 0.3 is 0 Å². The summed E-state index contributed by atoms with van der Waals surface area (Å²) in [7, 11) is 0. The lowest BCUT2D eigenvalue weighted by molar-refractivity contribution is 0.0764. The fourth-order valence-electron chi connectivity index (χ4n) is 2.30. The van der Waals surface area contributed by atoms with E-state index in [2.05, 4.69) is 10.2 Å². The average Bonchev–Trinajstić information content (AvgIpc) is 3.09. The lowest BCUT2D eigenvalue weighted by Gasteiger charge is -2.15. The second-order valence-electron chi connectivity index (χ2n) is 4.84. The van der Waals surface area contributed by atoms with Crippen LogP contribution in [0, 0.1) is 0 Å². The van der Waals surface area contributed by atoms with Crippen LogP contribution in [0.15, 0.2) is 36.5 Å². The summed E-state index contributed by atoms with van der Waals surface area (Å²) in [6.45, 7) is -0.00933. The minimum atomic E-state index is -1.36. The number of rotatable bonds is 2. The minimum Gasteiger partial charge on any atom is -0.388 e. The van der Waals surface area contributed by atoms with Gasteiger partial charge in [0, 0.05) is 18.3 Å². The summed E-state index contributed by atoms with van der Waals surface area (Å²) < 4.78 is 13.2. The van der Waals surface area contributed by atoms with E-state index < -0.39 is 12.3 Å². The van der Waals surface area contributed by atoms with Crippen LogP contribution in [0.2, 0.25) is 0 Å². The minimum absolute atomic E-state index is 0.0439. The van der Waals surface area contributed by atoms with Crippen LogP contribution in [-0.2, 0) is 0 Å². The molecule has 1 aromatic heterocycles. The zero-order chi connectivity index (χ0) is 14.1. The monoisotopic (exact) mass is 275 g/mol. The van der Waals surface area contributed by atoms with Crippen LogP contribution in [0.25, 0.3) is 11.3 Å². The molecule has 0 saturated carbocycles. The van der Waals surface area contributed by atoms with Crippen LogP contribution in [0.1, 0.15) is 10.4 Å². The molecule has 2 atom stereocenters. The third kappa shape index (κ3) is 2.30. The second kappa shape index (κ2) is 5.05. The predicted molar refractivity (Wildman–Crippen MR) is 70.8 cm³/mol. The number of carbonyl (C=O) groups excluding carboxylic acids is 1. The number of H-pyrrole nitrogens is 1. The van der Waals surface area contributed by atoms with Crippen LogP contribution in [0.4, 0.5) is 4.39 Å². The van der Waals surface area contributed by atoms with Gasteiger partial charge in [-0.2, -0.15) is 5.10 Å². The van der Waals surface area contributed by atoms with Gasteiger partial charge in [-0.15, -0.1) is 0 Å². The van der Waals surface area contributed by atoms with Crippen LogP contribution in [-0.4, -0.2) is 51.5 Å². The molecule has 1 amide bonds. The molecule has 0 aliphatic carbocycles. The van der Waals surface area contributed by atoms with Crippen LogP contribution in [0.5, 0.6) is 0 Å². The Morgan fingerprint density at radius 1 is 1.30 bits per heavy atom. The number of amides is 1. The Balaban J connectivity index is 1.76. The van der Waals surface area contributed by atoms with Crippen molar-refractivity contribution in [2.45, 2.75) is 12.3 Å². The number of hydrogen-bond donors (Lipinski definition) is 2. The fraction of sp³-hybridized carbons (Fsp3) is 0.286. The number of carbonyl (C=O) groups is 1. The van der Waals surface area contributed by atoms with Gasteiger partial charge in [-0.05, 0) is 23.8 Å². The normalized spacial score (nSPS) is 22.2. The Morgan fingerprint density at radius 3 is 2.60 bits per heavy atom. The molecule has 0 radical (unpaired) electrons. The Bertz CT molecular complexity index is 587. The van der Waals surface area contributed by atoms with E-state index in [1.165, 1.54) is 4.90 Å². The van der Waals surface area contributed by atoms with Gasteiger partial charge < -0.3 is 10.0 Å². The smallest absolute Gasteiger partial charge is 0.254 e. The molecule has 1 saturated heterocycles. The molecule has 0 unspecified atom stereocenters. The number of hydrogen-bond acceptors (Lipinski definition) is 3. The number of aromatic amines is 1. The Morgan fingerprint density at radius 2 is 2.05 bits per heavy atom. The SMILES string of the molecule is O=C(c1ccc(-c2ccn[nH]2)cc1)N1C[C@@H](O)[C@H](F)C1. The van der Waals surface area contributed by atoms with Gasteiger partial charge in [-0.25, -0.2) is 4.39 Å². The van der Waals surface area contributed by atoms with Gasteiger partial charge in [0.1, 0.15) is 12.3 Å². The Labute approximate surface area is 115 Å². The van der Waals surface area contributed by atoms with Gasteiger partial charge in [-0.1, -0.05) is 12.1 Å². The predicted octanol–water partition coefficient (Wildman–Crippen LogP) is 1.23. The van der Waals surface area contributed by atoms with Crippen molar-refractivity contribution in [2.75, 3.05) is 13.1 Å². The highest BCUT2D eigenvalue weighted by atomic mass is 19.1. The molecule has 1 aliphatic rings. The largest absolute Gasteiger partial charge is 0.388 e. The highest BCUT2D eigenvalue weighted by molar-refractivity contribution is 5.95. The Hall–Kier alpha value is -2.21. The molecule has 1 aliphatic heterocycles. The topological polar surface area (TPSA) is 69.2 Å². The summed E-state index contributed by atoms with van der Waals surface area (Å²) in [5.41, 5.74) is 2.27. The van der Waals surface area contributed by atoms with E-state index >= 15 is 0 Å². The molecule has 104 valence electrons. The van der Waals surface area contributed by atoms with Crippen LogP contribution >= 0.6 is 0 Å². The number of aliphatic hydroxyl groups excluding tert-OH is 1. The number of nitrogens with zero attached hydrogens (tertiary/aromatic N) is 2. The van der Waals surface area contributed by atoms with Crippen molar-refractivity contribution < 1.29 is 14.3 Å². The summed E-state index contributed by atoms with van der Waals surface area (Å²) in [6, 6.07) is 8.83. The van der Waals surface area contributed by atoms with E-state index in [9.17, 15) is 14.3 Å². The maximum Gasteiger partial charge on any atom is 0.254 e. The van der Waals surface area contributed by atoms with E-state index in [1.807, 2.05) is 6.07 Å². The quantitative estimate of drug-likeness (QED) is 0.866. The van der Waals surface area contributed by atoms with Gasteiger partial charge in [0.05, 0.1) is 12.2 Å². The standard InChI is InChI=1S/C14H14FN3O2/c15-11-7-18(8-13(11)19)14(20)10-3-1-9(2-4-10)12-5-6-16-17-12/h1-6,11,13,19H,7-8H2,(H,16,17)/t11-,13-/m1/s1. The molecule has 2 aromatic rings. The van der Waals surface area contributed by atoms with Gasteiger partial charge in [0.15, 0.2) is 0 Å². The van der Waals surface area contributed by atoms with E-state index in [-0.39, 0.29) is 19.0 Å². The van der Waals surface area contributed by atoms with Crippen molar-refractivity contribution in [3.63, 3.8) is 0 Å². The van der Waals surface area contributed by atoms with Crippen LogP contribution in [0.3, 0.4) is 0 Å². The molecule has 0 bridgehead atoms. The molecular weight excluding hydrogens is 261 g/mol. The molecule has 0 spiro atoms. The van der Waals surface area contributed by atoms with E-state index in [1.54, 1.807) is 30.5 Å². The lowest BCUT2D eigenvalue weighted by atomic mass is 10.1. The Kier molecular flexibility index (Phi) is 3.23. The first kappa shape index (κ1) is 12.8. The maximum absolute atomic E-state index is 13.2. The molecule has 3 rings (SSSR count). The molecule has 1 aromatic carbocycles. The number of aromatic nitrogens is 2. The maximum atomic E-state index is 13.2. The van der Waals surface area contributed by atoms with Gasteiger partial charge in [0.2, 0.25) is 0 Å². The van der Waals surface area contributed by atoms with Crippen molar-refractivity contribution in [3.8, 4) is 11.3 Å². The number of likely N-dealkylation sites (tertiary alicyclic amines) is 1. The van der Waals surface area contributed by atoms with Crippen molar-refractivity contribution >= 4 is 5.91 Å². The summed E-state index contributed by atoms with van der Waals surface area (Å²) in [6.07, 6.45) is -0.784. The van der Waals surface area contributed by atoms with Crippen LogP contribution < -0.4 is 0 Å². The molecular formula is C14H14FN3O2. The van der Waals surface area contributed by atoms with E-state index in [0.29, 0.717) is 5.56 Å². The number of aliphatic hydroxyl groups is 1. The summed E-state index contributed by atoms with van der Waals surface area (Å²) in [5.74, 6) is -0.264. The van der Waals surface area contributed by atoms with Gasteiger partial charge in [0.25, 0.3) is 5.91 Å². The van der Waals surface area contributed by atoms with E-state index in [4.69, 9.17) is 0 Å². The summed E-state index contributed by atoms with van der Waals surface area (Å²) in [4.78, 5) is 13.5. The highest BCUT2D eigenvalue weighted by Crippen LogP contribution is 2.20. The molecule has 1 fully saturated rings. The van der Waals surface area contributed by atoms with E-state index in [0.717, 1.165) is 11.3 Å². The van der Waals surface area contributed by atoms with Crippen molar-refractivity contribution in [1.29, 1.82) is 0 Å². The zero-order valence-corrected chi connectivity index (χ0v) is 10.7. The molecule has 2 N–H and O–H groups in total. The molecule has 5 nitrogen and oxygen atoms in total. The average molecular weight is 275 g/mol. The first-order valence-electron chi connectivity index (χ1n) is 6.36. The third-order valence-electron chi connectivity index (χ3n) is 3.45. The number of alkyl halides is 1. The fourth-order valence-corrected chi connectivity index (χ4v) is 2.30. The molecule has 20 heavy (non-hydrogen) atoms.